The number of carbonyl (C=O) groups is 3. The number of carbonyl (C=O) groups excluding carboxylic acids is 2. The van der Waals surface area contributed by atoms with E-state index in [4.69, 9.17) is 4.74 Å². The molecule has 0 spiro atoms. The fourth-order valence-electron chi connectivity index (χ4n) is 5.01. The van der Waals surface area contributed by atoms with Crippen LogP contribution in [0.3, 0.4) is 0 Å². The maximum absolute atomic E-state index is 12.8. The summed E-state index contributed by atoms with van der Waals surface area (Å²) in [7, 11) is 0. The van der Waals surface area contributed by atoms with Crippen molar-refractivity contribution in [3.8, 4) is 11.1 Å². The van der Waals surface area contributed by atoms with Gasteiger partial charge in [0, 0.05) is 12.0 Å². The summed E-state index contributed by atoms with van der Waals surface area (Å²) in [6.07, 6.45) is 2.34. The van der Waals surface area contributed by atoms with Crippen LogP contribution in [-0.2, 0) is 14.3 Å². The second kappa shape index (κ2) is 9.87. The molecule has 34 heavy (non-hydrogen) atoms. The third-order valence-electron chi connectivity index (χ3n) is 7.02. The number of hydrogen-bond acceptors (Lipinski definition) is 4. The molecular weight excluding hydrogens is 432 g/mol. The first-order valence-electron chi connectivity index (χ1n) is 11.9. The Balaban J connectivity index is 1.37. The smallest absolute Gasteiger partial charge is 0.407 e. The molecule has 0 aromatic heterocycles. The van der Waals surface area contributed by atoms with E-state index < -0.39 is 30.4 Å². The number of carboxylic acids is 1. The highest BCUT2D eigenvalue weighted by Crippen LogP contribution is 2.44. The lowest BCUT2D eigenvalue weighted by molar-refractivity contribution is -0.140. The van der Waals surface area contributed by atoms with Crippen LogP contribution in [0.1, 0.15) is 63.0 Å². The van der Waals surface area contributed by atoms with Crippen molar-refractivity contribution in [2.24, 2.45) is 5.41 Å². The van der Waals surface area contributed by atoms with Gasteiger partial charge in [0.2, 0.25) is 5.91 Å². The Morgan fingerprint density at radius 2 is 1.56 bits per heavy atom. The summed E-state index contributed by atoms with van der Waals surface area (Å²) in [6.45, 7) is 4.51. The molecule has 2 aromatic carbocycles. The molecule has 2 aromatic rings. The fourth-order valence-corrected chi connectivity index (χ4v) is 5.01. The van der Waals surface area contributed by atoms with E-state index in [1.54, 1.807) is 0 Å². The Hall–Kier alpha value is -3.35. The number of hydrogen-bond donors (Lipinski definition) is 3. The van der Waals surface area contributed by atoms with Crippen LogP contribution in [-0.4, -0.2) is 41.8 Å². The molecule has 0 bridgehead atoms. The maximum atomic E-state index is 12.8. The van der Waals surface area contributed by atoms with Crippen LogP contribution in [0.4, 0.5) is 4.79 Å². The first-order valence-corrected chi connectivity index (χ1v) is 11.9. The number of alkyl carbamates (subject to hydrolysis) is 1. The van der Waals surface area contributed by atoms with Crippen molar-refractivity contribution in [1.82, 2.24) is 10.6 Å². The van der Waals surface area contributed by atoms with E-state index in [0.29, 0.717) is 0 Å². The van der Waals surface area contributed by atoms with Crippen molar-refractivity contribution in [3.05, 3.63) is 59.7 Å². The minimum Gasteiger partial charge on any atom is -0.481 e. The van der Waals surface area contributed by atoms with Gasteiger partial charge in [0.05, 0.1) is 6.42 Å². The van der Waals surface area contributed by atoms with Crippen molar-refractivity contribution >= 4 is 18.0 Å². The monoisotopic (exact) mass is 464 g/mol. The second-order valence-corrected chi connectivity index (χ2v) is 10.1. The summed E-state index contributed by atoms with van der Waals surface area (Å²) in [5.41, 5.74) is 4.64. The third-order valence-corrected chi connectivity index (χ3v) is 7.02. The van der Waals surface area contributed by atoms with E-state index in [1.807, 2.05) is 48.5 Å². The molecule has 2 aliphatic carbocycles. The van der Waals surface area contributed by atoms with Gasteiger partial charge in [-0.15, -0.1) is 0 Å². The molecule has 0 aliphatic heterocycles. The number of rotatable bonds is 7. The van der Waals surface area contributed by atoms with Gasteiger partial charge in [0.1, 0.15) is 12.6 Å². The molecule has 7 heteroatoms. The normalized spacial score (nSPS) is 17.8. The van der Waals surface area contributed by atoms with Crippen molar-refractivity contribution in [1.29, 1.82) is 0 Å². The van der Waals surface area contributed by atoms with Crippen molar-refractivity contribution < 1.29 is 24.2 Å². The largest absolute Gasteiger partial charge is 0.481 e. The number of aliphatic carboxylic acids is 1. The highest BCUT2D eigenvalue weighted by molar-refractivity contribution is 5.89. The molecule has 4 rings (SSSR count). The molecule has 1 saturated carbocycles. The van der Waals surface area contributed by atoms with Gasteiger partial charge >= 0.3 is 12.1 Å². The molecule has 2 amide bonds. The molecule has 3 N–H and O–H groups in total. The quantitative estimate of drug-likeness (QED) is 0.561. The van der Waals surface area contributed by atoms with Gasteiger partial charge in [-0.25, -0.2) is 4.79 Å². The number of fused-ring (bicyclic) bond motifs is 3. The zero-order valence-electron chi connectivity index (χ0n) is 19.7. The van der Waals surface area contributed by atoms with E-state index in [2.05, 4.69) is 24.5 Å². The van der Waals surface area contributed by atoms with Crippen molar-refractivity contribution in [2.45, 2.75) is 64.0 Å². The average molecular weight is 465 g/mol. The lowest BCUT2D eigenvalue weighted by Gasteiger charge is -2.35. The van der Waals surface area contributed by atoms with Crippen molar-refractivity contribution in [2.75, 3.05) is 6.61 Å². The van der Waals surface area contributed by atoms with Gasteiger partial charge in [-0.1, -0.05) is 62.4 Å². The molecule has 180 valence electrons. The standard InChI is InChI=1S/C27H32N2O5/c1-27(2)13-11-17(12-14-27)28-25(32)23(15-24(30)31)29-26(33)34-16-22-20-9-5-3-7-18(20)19-8-4-6-10-21(19)22/h3-10,17,22-23H,11-16H2,1-2H3,(H,28,32)(H,29,33)(H,30,31). The summed E-state index contributed by atoms with van der Waals surface area (Å²) in [6, 6.07) is 14.8. The summed E-state index contributed by atoms with van der Waals surface area (Å²) < 4.78 is 5.50. The van der Waals surface area contributed by atoms with Gasteiger partial charge in [-0.3, -0.25) is 9.59 Å². The first-order chi connectivity index (χ1) is 16.2. The fraction of sp³-hybridized carbons (Fsp3) is 0.444. The SMILES string of the molecule is CC1(C)CCC(NC(=O)C(CC(=O)O)NC(=O)OCC2c3ccccc3-c3ccccc32)CC1. The summed E-state index contributed by atoms with van der Waals surface area (Å²) >= 11 is 0. The molecule has 0 saturated heterocycles. The molecule has 1 unspecified atom stereocenters. The summed E-state index contributed by atoms with van der Waals surface area (Å²) in [4.78, 5) is 36.7. The van der Waals surface area contributed by atoms with Gasteiger partial charge in [-0.05, 0) is 53.4 Å². The topological polar surface area (TPSA) is 105 Å². The van der Waals surface area contributed by atoms with Crippen LogP contribution in [0.5, 0.6) is 0 Å². The van der Waals surface area contributed by atoms with Crippen LogP contribution in [0, 0.1) is 5.41 Å². The van der Waals surface area contributed by atoms with E-state index in [1.165, 1.54) is 0 Å². The van der Waals surface area contributed by atoms with Gasteiger partial charge < -0.3 is 20.5 Å². The van der Waals surface area contributed by atoms with Crippen LogP contribution in [0.15, 0.2) is 48.5 Å². The molecule has 0 radical (unpaired) electrons. The second-order valence-electron chi connectivity index (χ2n) is 10.1. The number of ether oxygens (including phenoxy) is 1. The summed E-state index contributed by atoms with van der Waals surface area (Å²) in [5.74, 6) is -1.76. The van der Waals surface area contributed by atoms with E-state index >= 15 is 0 Å². The Bertz CT molecular complexity index is 1020. The third kappa shape index (κ3) is 5.41. The Morgan fingerprint density at radius 1 is 1.00 bits per heavy atom. The number of carboxylic acid groups (broad SMARTS) is 1. The van der Waals surface area contributed by atoms with E-state index in [9.17, 15) is 19.5 Å². The first kappa shape index (κ1) is 23.8. The van der Waals surface area contributed by atoms with E-state index in [0.717, 1.165) is 47.9 Å². The van der Waals surface area contributed by atoms with Crippen LogP contribution in [0.2, 0.25) is 0 Å². The predicted molar refractivity (Wildman–Crippen MR) is 128 cm³/mol. The van der Waals surface area contributed by atoms with Crippen LogP contribution < -0.4 is 10.6 Å². The lowest BCUT2D eigenvalue weighted by Crippen LogP contribution is -2.51. The van der Waals surface area contributed by atoms with Crippen molar-refractivity contribution in [3.63, 3.8) is 0 Å². The zero-order chi connectivity index (χ0) is 24.3. The minimum absolute atomic E-state index is 0.0128. The molecule has 7 nitrogen and oxygen atoms in total. The molecule has 1 fully saturated rings. The number of nitrogens with one attached hydrogen (secondary N) is 2. The lowest BCUT2D eigenvalue weighted by atomic mass is 9.75. The van der Waals surface area contributed by atoms with Gasteiger partial charge in [0.25, 0.3) is 0 Å². The number of benzene rings is 2. The van der Waals surface area contributed by atoms with Crippen LogP contribution >= 0.6 is 0 Å². The van der Waals surface area contributed by atoms with Crippen LogP contribution in [0.25, 0.3) is 11.1 Å². The average Bonchev–Trinajstić information content (AvgIpc) is 3.12. The maximum Gasteiger partial charge on any atom is 0.407 e. The highest BCUT2D eigenvalue weighted by Gasteiger charge is 2.32. The van der Waals surface area contributed by atoms with Gasteiger partial charge in [-0.2, -0.15) is 0 Å². The molecule has 1 atom stereocenters. The molecular formula is C27H32N2O5. The summed E-state index contributed by atoms with van der Waals surface area (Å²) in [5, 5.41) is 14.7. The Kier molecular flexibility index (Phi) is 6.91. The molecule has 0 heterocycles. The Labute approximate surface area is 199 Å². The molecule has 2 aliphatic rings. The van der Waals surface area contributed by atoms with Gasteiger partial charge in [0.15, 0.2) is 0 Å². The van der Waals surface area contributed by atoms with E-state index in [-0.39, 0.29) is 24.0 Å². The Morgan fingerprint density at radius 3 is 2.12 bits per heavy atom. The minimum atomic E-state index is -1.19. The number of amides is 2. The predicted octanol–water partition coefficient (Wildman–Crippen LogP) is 4.45. The highest BCUT2D eigenvalue weighted by atomic mass is 16.5. The zero-order valence-corrected chi connectivity index (χ0v) is 19.7.